The molecule has 4 atom stereocenters. The Labute approximate surface area is 178 Å². The number of carbonyl (C=O) groups is 2. The number of nitrogens with zero attached hydrogens (tertiary/aromatic N) is 6. The van der Waals surface area contributed by atoms with Crippen LogP contribution in [0.25, 0.3) is 0 Å². The van der Waals surface area contributed by atoms with E-state index in [0.717, 1.165) is 34.1 Å². The molecule has 0 aliphatic carbocycles. The minimum atomic E-state index is -0.489. The molecule has 158 valence electrons. The van der Waals surface area contributed by atoms with Gasteiger partial charge in [0, 0.05) is 32.4 Å². The van der Waals surface area contributed by atoms with Crippen LogP contribution in [0, 0.1) is 18.8 Å². The Morgan fingerprint density at radius 3 is 2.59 bits per heavy atom. The Morgan fingerprint density at radius 1 is 1.21 bits per heavy atom. The topological polar surface area (TPSA) is 94.0 Å². The zero-order valence-electron chi connectivity index (χ0n) is 17.2. The zero-order chi connectivity index (χ0) is 20.7. The first-order valence-electron chi connectivity index (χ1n) is 9.93. The Balaban J connectivity index is 1.55. The number of piperidine rings is 1. The molecule has 1 aromatic heterocycles. The summed E-state index contributed by atoms with van der Waals surface area (Å²) in [6.45, 7) is 8.94. The number of aryl methyl sites for hydroxylation is 1. The zero-order valence-corrected chi connectivity index (χ0v) is 18.8. The van der Waals surface area contributed by atoms with Crippen LogP contribution < -0.4 is 5.32 Å². The predicted molar refractivity (Wildman–Crippen MR) is 113 cm³/mol. The van der Waals surface area contributed by atoms with Crippen molar-refractivity contribution in [1.29, 1.82) is 0 Å². The van der Waals surface area contributed by atoms with E-state index >= 15 is 0 Å². The van der Waals surface area contributed by atoms with E-state index in [1.54, 1.807) is 30.1 Å². The number of aliphatic imine (C=N–C) groups is 1. The van der Waals surface area contributed by atoms with Gasteiger partial charge < -0.3 is 14.7 Å². The monoisotopic (exact) mass is 437 g/mol. The maximum absolute atomic E-state index is 12.7. The van der Waals surface area contributed by atoms with Crippen LogP contribution in [-0.2, 0) is 4.79 Å². The molecule has 9 nitrogen and oxygen atoms in total. The van der Waals surface area contributed by atoms with Crippen molar-refractivity contribution in [3.8, 4) is 0 Å². The number of thioether (sulfide) groups is 1. The number of likely N-dealkylation sites (tertiary alicyclic amines) is 1. The largest absolute Gasteiger partial charge is 0.342 e. The molecular weight excluding hydrogens is 410 g/mol. The molecule has 4 heterocycles. The van der Waals surface area contributed by atoms with Crippen LogP contribution in [0.1, 0.15) is 25.3 Å². The summed E-state index contributed by atoms with van der Waals surface area (Å²) in [5, 5.41) is 11.6. The second-order valence-electron chi connectivity index (χ2n) is 8.17. The van der Waals surface area contributed by atoms with E-state index in [4.69, 9.17) is 4.99 Å². The predicted octanol–water partition coefficient (Wildman–Crippen LogP) is 1.46. The molecule has 4 unspecified atom stereocenters. The summed E-state index contributed by atoms with van der Waals surface area (Å²) < 4.78 is 0.928. The normalized spacial score (nSPS) is 29.8. The van der Waals surface area contributed by atoms with Gasteiger partial charge in [0.1, 0.15) is 5.01 Å². The van der Waals surface area contributed by atoms with E-state index < -0.39 is 12.2 Å². The average molecular weight is 438 g/mol. The maximum atomic E-state index is 12.7. The summed E-state index contributed by atoms with van der Waals surface area (Å²) in [6, 6.07) is -0.878. The van der Waals surface area contributed by atoms with Gasteiger partial charge in [-0.05, 0) is 25.2 Å². The number of hydrogen-bond donors (Lipinski definition) is 1. The van der Waals surface area contributed by atoms with Crippen LogP contribution in [0.2, 0.25) is 0 Å². The highest BCUT2D eigenvalue weighted by atomic mass is 32.2. The van der Waals surface area contributed by atoms with Crippen molar-refractivity contribution in [2.45, 2.75) is 43.7 Å². The minimum Gasteiger partial charge on any atom is -0.342 e. The van der Waals surface area contributed by atoms with E-state index in [-0.39, 0.29) is 11.9 Å². The van der Waals surface area contributed by atoms with Gasteiger partial charge in [-0.15, -0.1) is 10.2 Å². The van der Waals surface area contributed by atoms with Crippen LogP contribution in [0.15, 0.2) is 9.33 Å². The smallest absolute Gasteiger partial charge is 0.325 e. The highest BCUT2D eigenvalue weighted by molar-refractivity contribution is 8.01. The fourth-order valence-electron chi connectivity index (χ4n) is 4.41. The molecule has 0 radical (unpaired) electrons. The third-order valence-electron chi connectivity index (χ3n) is 5.56. The molecule has 3 aliphatic heterocycles. The molecule has 29 heavy (non-hydrogen) atoms. The fraction of sp³-hybridized carbons (Fsp3) is 0.722. The molecule has 1 aromatic rings. The Morgan fingerprint density at radius 2 is 1.93 bits per heavy atom. The van der Waals surface area contributed by atoms with Crippen LogP contribution in [-0.4, -0.2) is 87.4 Å². The van der Waals surface area contributed by atoms with Gasteiger partial charge in [-0.3, -0.25) is 10.1 Å². The summed E-state index contributed by atoms with van der Waals surface area (Å²) >= 11 is 3.21. The molecule has 0 spiro atoms. The number of aromatic nitrogens is 2. The lowest BCUT2D eigenvalue weighted by molar-refractivity contribution is -0.127. The summed E-state index contributed by atoms with van der Waals surface area (Å²) in [5.41, 5.74) is 0. The number of nitrogens with one attached hydrogen (secondary N) is 1. The van der Waals surface area contributed by atoms with Gasteiger partial charge in [-0.2, -0.15) is 0 Å². The molecule has 1 N–H and O–H groups in total. The number of amides is 3. The number of rotatable bonds is 4. The van der Waals surface area contributed by atoms with E-state index in [2.05, 4.69) is 39.2 Å². The summed E-state index contributed by atoms with van der Waals surface area (Å²) in [4.78, 5) is 35.6. The molecule has 4 rings (SSSR count). The summed E-state index contributed by atoms with van der Waals surface area (Å²) in [5.74, 6) is 2.47. The average Bonchev–Trinajstić information content (AvgIpc) is 3.23. The third kappa shape index (κ3) is 4.07. The molecule has 2 saturated heterocycles. The minimum absolute atomic E-state index is 0.272. The fourth-order valence-corrected chi connectivity index (χ4v) is 6.23. The van der Waals surface area contributed by atoms with E-state index in [9.17, 15) is 9.59 Å². The molecule has 0 saturated carbocycles. The molecule has 11 heteroatoms. The van der Waals surface area contributed by atoms with Gasteiger partial charge in [-0.25, -0.2) is 9.79 Å². The van der Waals surface area contributed by atoms with Crippen molar-refractivity contribution in [2.75, 3.05) is 32.4 Å². The number of fused-ring (bicyclic) bond motifs is 1. The molecule has 0 bridgehead atoms. The first-order valence-corrected chi connectivity index (χ1v) is 11.7. The van der Waals surface area contributed by atoms with Crippen molar-refractivity contribution >= 4 is 41.0 Å². The SMILES string of the molecule is Cc1nnc(SCCN2C(N3CC(C)CC(C)C3)=NC3C2C(=O)NC(=O)N3C)s1. The first kappa shape index (κ1) is 20.4. The van der Waals surface area contributed by atoms with Gasteiger partial charge in [0.05, 0.1) is 0 Å². The van der Waals surface area contributed by atoms with Crippen molar-refractivity contribution in [3.05, 3.63) is 5.01 Å². The number of carbonyl (C=O) groups excluding carboxylic acids is 2. The number of imide groups is 1. The lowest BCUT2D eigenvalue weighted by atomic mass is 9.92. The van der Waals surface area contributed by atoms with Crippen LogP contribution in [0.4, 0.5) is 4.79 Å². The van der Waals surface area contributed by atoms with Gasteiger partial charge in [0.2, 0.25) is 0 Å². The van der Waals surface area contributed by atoms with E-state index in [1.165, 1.54) is 11.3 Å². The lowest BCUT2D eigenvalue weighted by Crippen LogP contribution is -2.64. The van der Waals surface area contributed by atoms with Crippen molar-refractivity contribution in [3.63, 3.8) is 0 Å². The molecule has 2 fully saturated rings. The Hall–Kier alpha value is -1.88. The van der Waals surface area contributed by atoms with Gasteiger partial charge in [0.25, 0.3) is 5.91 Å². The molecule has 0 aromatic carbocycles. The van der Waals surface area contributed by atoms with Crippen molar-refractivity contribution < 1.29 is 9.59 Å². The number of guanidine groups is 1. The van der Waals surface area contributed by atoms with E-state index in [0.29, 0.717) is 18.4 Å². The number of urea groups is 1. The summed E-state index contributed by atoms with van der Waals surface area (Å²) in [7, 11) is 1.70. The van der Waals surface area contributed by atoms with Gasteiger partial charge in [0.15, 0.2) is 22.5 Å². The Kier molecular flexibility index (Phi) is 5.69. The first-order chi connectivity index (χ1) is 13.8. The second-order valence-corrected chi connectivity index (χ2v) is 10.7. The van der Waals surface area contributed by atoms with Gasteiger partial charge >= 0.3 is 6.03 Å². The number of hydrogen-bond acceptors (Lipinski definition) is 9. The van der Waals surface area contributed by atoms with Crippen molar-refractivity contribution in [2.24, 2.45) is 16.8 Å². The van der Waals surface area contributed by atoms with Crippen LogP contribution in [0.3, 0.4) is 0 Å². The standard InChI is InChI=1S/C18H27N7O2S2/c1-10-7-11(2)9-24(8-10)16-19-14-13(15(26)20-17(27)23(14)4)25(16)5-6-28-18-22-21-12(3)29-18/h10-11,13-14H,5-9H2,1-4H3,(H,20,26,27). The van der Waals surface area contributed by atoms with Gasteiger partial charge in [-0.1, -0.05) is 36.9 Å². The van der Waals surface area contributed by atoms with Crippen molar-refractivity contribution in [1.82, 2.24) is 30.2 Å². The second kappa shape index (κ2) is 8.10. The molecule has 3 aliphatic rings. The molecule has 3 amide bonds. The molecular formula is C18H27N7O2S2. The quantitative estimate of drug-likeness (QED) is 0.713. The van der Waals surface area contributed by atoms with Crippen LogP contribution >= 0.6 is 23.1 Å². The maximum Gasteiger partial charge on any atom is 0.325 e. The highest BCUT2D eigenvalue weighted by Gasteiger charge is 2.49. The van der Waals surface area contributed by atoms with E-state index in [1.807, 2.05) is 6.92 Å². The summed E-state index contributed by atoms with van der Waals surface area (Å²) in [6.07, 6.45) is 0.717. The Bertz CT molecular complexity index is 819. The number of likely N-dealkylation sites (N-methyl/N-ethyl adjacent to an activating group) is 1. The third-order valence-corrected chi connectivity index (χ3v) is 7.51. The lowest BCUT2D eigenvalue weighted by Gasteiger charge is -2.41. The van der Waals surface area contributed by atoms with Crippen LogP contribution in [0.5, 0.6) is 0 Å². The highest BCUT2D eigenvalue weighted by Crippen LogP contribution is 2.30.